The molecule has 1 fully saturated rings. The van der Waals surface area contributed by atoms with Crippen molar-refractivity contribution < 1.29 is 14.3 Å². The van der Waals surface area contributed by atoms with Crippen molar-refractivity contribution >= 4 is 23.6 Å². The summed E-state index contributed by atoms with van der Waals surface area (Å²) in [5.74, 6) is -0.504. The lowest BCUT2D eigenvalue weighted by atomic mass is 10.1. The minimum absolute atomic E-state index is 0.106. The number of aromatic nitrogens is 2. The van der Waals surface area contributed by atoms with Gasteiger partial charge in [0.05, 0.1) is 25.0 Å². The summed E-state index contributed by atoms with van der Waals surface area (Å²) in [4.78, 5) is 26.4. The highest BCUT2D eigenvalue weighted by Gasteiger charge is 2.38. The highest BCUT2D eigenvalue weighted by molar-refractivity contribution is 6.99. The molecule has 26 heavy (non-hydrogen) atoms. The highest BCUT2D eigenvalue weighted by Crippen LogP contribution is 2.20. The molecule has 1 aliphatic rings. The molecule has 7 nitrogen and oxygen atoms in total. The number of carbonyl (C=O) groups excluding carboxylic acids is 2. The Hall–Kier alpha value is -2.32. The van der Waals surface area contributed by atoms with Gasteiger partial charge in [-0.1, -0.05) is 30.3 Å². The van der Waals surface area contributed by atoms with Crippen molar-refractivity contribution in [2.24, 2.45) is 0 Å². The smallest absolute Gasteiger partial charge is 0.323 e. The van der Waals surface area contributed by atoms with Crippen LogP contribution in [-0.4, -0.2) is 57.8 Å². The van der Waals surface area contributed by atoms with Crippen LogP contribution in [0, 0.1) is 0 Å². The fraction of sp³-hybridized carbons (Fsp3) is 0.444. The Balaban J connectivity index is 1.56. The van der Waals surface area contributed by atoms with Gasteiger partial charge in [0.15, 0.2) is 5.69 Å². The second kappa shape index (κ2) is 8.86. The molecule has 0 aliphatic carbocycles. The van der Waals surface area contributed by atoms with E-state index in [1.165, 1.54) is 18.9 Å². The molecule has 0 unspecified atom stereocenters. The van der Waals surface area contributed by atoms with Crippen molar-refractivity contribution in [2.75, 3.05) is 20.2 Å². The Labute approximate surface area is 156 Å². The zero-order valence-corrected chi connectivity index (χ0v) is 15.4. The zero-order valence-electron chi connectivity index (χ0n) is 14.6. The largest absolute Gasteiger partial charge is 0.468 e. The molecule has 1 amide bonds. The number of hydrogen-bond acceptors (Lipinski definition) is 7. The number of nitrogens with one attached hydrogen (secondary N) is 1. The molecule has 0 bridgehead atoms. The van der Waals surface area contributed by atoms with Crippen molar-refractivity contribution in [2.45, 2.75) is 31.3 Å². The molecule has 2 aromatic rings. The van der Waals surface area contributed by atoms with Crippen molar-refractivity contribution in [1.29, 1.82) is 0 Å². The molecule has 0 radical (unpaired) electrons. The number of ether oxygens (including phenoxy) is 1. The molecule has 1 N–H and O–H groups in total. The Morgan fingerprint density at radius 3 is 2.85 bits per heavy atom. The van der Waals surface area contributed by atoms with Crippen molar-refractivity contribution in [1.82, 2.24) is 19.0 Å². The number of nitrogens with zero attached hydrogens (tertiary/aromatic N) is 3. The maximum absolute atomic E-state index is 12.2. The lowest BCUT2D eigenvalue weighted by Gasteiger charge is -2.22. The molecule has 0 spiro atoms. The van der Waals surface area contributed by atoms with Gasteiger partial charge in [0, 0.05) is 12.6 Å². The number of hydrogen-bond donors (Lipinski definition) is 1. The van der Waals surface area contributed by atoms with E-state index in [2.05, 4.69) is 31.1 Å². The second-order valence-corrected chi connectivity index (χ2v) is 6.88. The molecule has 138 valence electrons. The Morgan fingerprint density at radius 2 is 2.15 bits per heavy atom. The van der Waals surface area contributed by atoms with Crippen LogP contribution in [0.15, 0.2) is 36.5 Å². The third-order valence-electron chi connectivity index (χ3n) is 4.56. The summed E-state index contributed by atoms with van der Waals surface area (Å²) in [6.45, 7) is 1.40. The summed E-state index contributed by atoms with van der Waals surface area (Å²) < 4.78 is 12.7. The minimum Gasteiger partial charge on any atom is -0.468 e. The molecule has 1 aliphatic heterocycles. The number of methoxy groups -OCH3 is 1. The molecule has 8 heteroatoms. The summed E-state index contributed by atoms with van der Waals surface area (Å²) in [7, 11) is 1.40. The molecule has 1 aromatic heterocycles. The van der Waals surface area contributed by atoms with Crippen LogP contribution >= 0.6 is 11.7 Å². The van der Waals surface area contributed by atoms with E-state index in [1.54, 1.807) is 0 Å². The fourth-order valence-corrected chi connectivity index (χ4v) is 3.70. The topological polar surface area (TPSA) is 84.4 Å². The first kappa shape index (κ1) is 18.5. The van der Waals surface area contributed by atoms with E-state index in [0.717, 1.165) is 31.1 Å². The summed E-state index contributed by atoms with van der Waals surface area (Å²) in [5, 5.41) is 2.94. The van der Waals surface area contributed by atoms with E-state index in [9.17, 15) is 9.59 Å². The van der Waals surface area contributed by atoms with Crippen LogP contribution < -0.4 is 5.32 Å². The molecular weight excluding hydrogens is 352 g/mol. The molecule has 2 heterocycles. The van der Waals surface area contributed by atoms with Crippen LogP contribution in [0.2, 0.25) is 0 Å². The average molecular weight is 374 g/mol. The molecular formula is C18H22N4O3S. The third-order valence-corrected chi connectivity index (χ3v) is 5.04. The Morgan fingerprint density at radius 1 is 1.35 bits per heavy atom. The van der Waals surface area contributed by atoms with Crippen LogP contribution in [0.25, 0.3) is 0 Å². The molecule has 1 saturated heterocycles. The molecule has 3 rings (SSSR count). The van der Waals surface area contributed by atoms with E-state index in [-0.39, 0.29) is 24.0 Å². The van der Waals surface area contributed by atoms with E-state index in [0.29, 0.717) is 18.7 Å². The number of benzene rings is 1. The van der Waals surface area contributed by atoms with Gasteiger partial charge >= 0.3 is 5.97 Å². The van der Waals surface area contributed by atoms with E-state index in [4.69, 9.17) is 4.74 Å². The Bertz CT molecular complexity index is 723. The van der Waals surface area contributed by atoms with Gasteiger partial charge in [-0.05, 0) is 31.4 Å². The average Bonchev–Trinajstić information content (AvgIpc) is 3.32. The molecule has 2 atom stereocenters. The van der Waals surface area contributed by atoms with Gasteiger partial charge in [-0.25, -0.2) is 0 Å². The summed E-state index contributed by atoms with van der Waals surface area (Å²) in [6, 6.07) is 9.84. The summed E-state index contributed by atoms with van der Waals surface area (Å²) >= 11 is 0.999. The molecule has 1 aromatic carbocycles. The summed E-state index contributed by atoms with van der Waals surface area (Å²) in [5.41, 5.74) is 1.59. The first-order valence-electron chi connectivity index (χ1n) is 8.61. The van der Waals surface area contributed by atoms with Crippen molar-refractivity contribution in [3.05, 3.63) is 47.8 Å². The van der Waals surface area contributed by atoms with Crippen molar-refractivity contribution in [3.63, 3.8) is 0 Å². The SMILES string of the molecule is COC(=O)[C@@H]1C[C@@H](NC(=O)c2cnsn2)CN1CCCc1ccccc1. The highest BCUT2D eigenvalue weighted by atomic mass is 32.1. The zero-order chi connectivity index (χ0) is 18.4. The standard InChI is InChI=1S/C18H22N4O3S/c1-25-18(24)16-10-14(20-17(23)15-11-19-26-21-15)12-22(16)9-5-8-13-6-3-2-4-7-13/h2-4,6-7,11,14,16H,5,8-10,12H2,1H3,(H,20,23)/t14-,16+/m1/s1. The van der Waals surface area contributed by atoms with Gasteiger partial charge in [0.2, 0.25) is 0 Å². The van der Waals surface area contributed by atoms with Crippen LogP contribution in [0.1, 0.15) is 28.9 Å². The monoisotopic (exact) mass is 374 g/mol. The van der Waals surface area contributed by atoms with E-state index >= 15 is 0 Å². The van der Waals surface area contributed by atoms with E-state index < -0.39 is 0 Å². The minimum atomic E-state index is -0.324. The van der Waals surface area contributed by atoms with Crippen LogP contribution in [-0.2, 0) is 16.0 Å². The van der Waals surface area contributed by atoms with Gasteiger partial charge in [-0.2, -0.15) is 8.75 Å². The van der Waals surface area contributed by atoms with Gasteiger partial charge in [0.25, 0.3) is 5.91 Å². The quantitative estimate of drug-likeness (QED) is 0.740. The van der Waals surface area contributed by atoms with Crippen molar-refractivity contribution in [3.8, 4) is 0 Å². The maximum Gasteiger partial charge on any atom is 0.323 e. The van der Waals surface area contributed by atoms with Gasteiger partial charge < -0.3 is 10.1 Å². The van der Waals surface area contributed by atoms with Gasteiger partial charge in [-0.15, -0.1) is 0 Å². The maximum atomic E-state index is 12.2. The number of likely N-dealkylation sites (tertiary alicyclic amines) is 1. The first-order chi connectivity index (χ1) is 12.7. The van der Waals surface area contributed by atoms with Crippen LogP contribution in [0.3, 0.4) is 0 Å². The van der Waals surface area contributed by atoms with Crippen LogP contribution in [0.4, 0.5) is 0 Å². The third kappa shape index (κ3) is 4.64. The van der Waals surface area contributed by atoms with Gasteiger partial charge in [0.1, 0.15) is 6.04 Å². The van der Waals surface area contributed by atoms with Crippen LogP contribution in [0.5, 0.6) is 0 Å². The Kier molecular flexibility index (Phi) is 6.30. The fourth-order valence-electron chi connectivity index (χ4n) is 3.29. The predicted molar refractivity (Wildman–Crippen MR) is 97.9 cm³/mol. The number of rotatable bonds is 7. The predicted octanol–water partition coefficient (Wildman–Crippen LogP) is 1.52. The number of esters is 1. The molecule has 0 saturated carbocycles. The lowest BCUT2D eigenvalue weighted by molar-refractivity contribution is -0.145. The van der Waals surface area contributed by atoms with Gasteiger partial charge in [-0.3, -0.25) is 14.5 Å². The number of carbonyl (C=O) groups is 2. The first-order valence-corrected chi connectivity index (χ1v) is 9.34. The van der Waals surface area contributed by atoms with E-state index in [1.807, 2.05) is 18.2 Å². The normalized spacial score (nSPS) is 20.0. The second-order valence-electron chi connectivity index (χ2n) is 6.32. The lowest BCUT2D eigenvalue weighted by Crippen LogP contribution is -2.38. The number of amides is 1. The number of aryl methyl sites for hydroxylation is 1. The summed E-state index contributed by atoms with van der Waals surface area (Å²) in [6.07, 6.45) is 3.88.